The number of nitrogens with one attached hydrogen (secondary N) is 6. The van der Waals surface area contributed by atoms with Crippen molar-refractivity contribution >= 4 is 0 Å². The Morgan fingerprint density at radius 1 is 0.202 bits per heavy atom. The lowest BCUT2D eigenvalue weighted by molar-refractivity contribution is -0.399. The van der Waals surface area contributed by atoms with Gasteiger partial charge in [0.15, 0.2) is 37.7 Å². The maximum absolute atomic E-state index is 11.9. The molecule has 0 aromatic carbocycles. The molecule has 0 saturated carbocycles. The van der Waals surface area contributed by atoms with Gasteiger partial charge in [0.1, 0.15) is 146 Å². The van der Waals surface area contributed by atoms with E-state index in [4.69, 9.17) is 91.2 Å². The minimum Gasteiger partial charge on any atom is -0.387 e. The lowest BCUT2D eigenvalue weighted by Gasteiger charge is -2.51. The monoisotopic (exact) mass is 1220 g/mol. The molecule has 0 amide bonds. The molecule has 30 atom stereocenters. The summed E-state index contributed by atoms with van der Waals surface area (Å²) in [5.74, 6) is 0. The number of aliphatic hydroxyl groups excluding tert-OH is 12. The van der Waals surface area contributed by atoms with E-state index in [2.05, 4.69) is 31.9 Å². The summed E-state index contributed by atoms with van der Waals surface area (Å²) in [7, 11) is 0. The van der Waals surface area contributed by atoms with Crippen LogP contribution in [0.3, 0.4) is 0 Å². The van der Waals surface area contributed by atoms with Crippen LogP contribution in [0.5, 0.6) is 0 Å². The molecule has 22 heterocycles. The number of nitrogens with two attached hydrogens (primary N) is 6. The standard InChI is InChI=1S/C48H96N12O24/c49-1-7-55-13-19-37-25(61)31(67)43(73-19)80-38-20(14-56-8-2-50)75-45(33(69)27(38)63)82-40-22(16-58-10-4-52)77-47(35(71)29(40)65)84-42-24(18-60-12-6-54)78-48(36(72)30(42)66)83-41-23(17-59-11-5-53)76-46(34(70)28(41)64)81-39-21(15-57-9-3-51)74-44(79-37)32(68)26(39)62/h19-48,55-72H,1-18,49-54H2/t19-,20-,21-,22-,23-,24-,25-,26-,27-,28-,29-,30-,31-,32-,33-,34-,35-,36-,37-,38-,39-,40-,41-,42-,43-,44-,45-,46-,47-,48-/m1/s1. The van der Waals surface area contributed by atoms with Crippen LogP contribution in [0, 0.1) is 0 Å². The van der Waals surface area contributed by atoms with E-state index in [1.807, 2.05) is 0 Å². The SMILES string of the molecule is NCCNC[C@H]1O[C@@H]2O[C@H]3[C@H](O)[C@@H](O)[C@@H](O[C@H]4[C@H](O)[C@@H](O)[C@@H](O[C@H]5[C@H](O)[C@@H](O)[C@@H](O[C@H]6[C@H](O)[C@@H](O)[C@@H](O[C@H]7[C@H](O)[C@@H](O)[C@@H](O[C@H]1[C@H](O)[C@H]2O)O[C@@H]7CNCCN)O[C@@H]6CNCCN)O[C@@H]5CNCCN)O[C@@H]4CNCCN)O[C@@H]3CNCCN. The van der Waals surface area contributed by atoms with E-state index in [1.165, 1.54) is 0 Å². The van der Waals surface area contributed by atoms with Gasteiger partial charge in [-0.25, -0.2) is 0 Å². The van der Waals surface area contributed by atoms with Crippen LogP contribution in [-0.4, -0.2) is 363 Å². The lowest BCUT2D eigenvalue weighted by Crippen LogP contribution is -2.70. The van der Waals surface area contributed by atoms with Gasteiger partial charge < -0.3 is 184 Å². The molecule has 22 aliphatic rings. The Kier molecular flexibility index (Phi) is 28.4. The van der Waals surface area contributed by atoms with Gasteiger partial charge in [-0.2, -0.15) is 0 Å². The third-order valence-electron chi connectivity index (χ3n) is 15.6. The molecule has 22 fully saturated rings. The number of aliphatic hydroxyl groups is 12. The van der Waals surface area contributed by atoms with Gasteiger partial charge >= 0.3 is 0 Å². The second-order valence-electron chi connectivity index (χ2n) is 21.7. The van der Waals surface area contributed by atoms with Crippen molar-refractivity contribution in [3.8, 4) is 0 Å². The third-order valence-corrected chi connectivity index (χ3v) is 15.6. The molecule has 492 valence electrons. The first-order chi connectivity index (χ1) is 40.4. The Morgan fingerprint density at radius 3 is 0.452 bits per heavy atom. The highest BCUT2D eigenvalue weighted by molar-refractivity contribution is 5.02. The topological polar surface area (TPSA) is 582 Å². The van der Waals surface area contributed by atoms with Gasteiger partial charge in [-0.3, -0.25) is 0 Å². The molecule has 12 bridgehead atoms. The number of ether oxygens (including phenoxy) is 12. The molecule has 0 unspecified atom stereocenters. The zero-order valence-electron chi connectivity index (χ0n) is 46.8. The van der Waals surface area contributed by atoms with E-state index in [9.17, 15) is 61.3 Å². The van der Waals surface area contributed by atoms with Gasteiger partial charge in [0.2, 0.25) is 0 Å². The zero-order valence-corrected chi connectivity index (χ0v) is 46.8. The Balaban J connectivity index is 1.27. The fraction of sp³-hybridized carbons (Fsp3) is 1.00. The third kappa shape index (κ3) is 17.1. The van der Waals surface area contributed by atoms with Crippen molar-refractivity contribution in [3.05, 3.63) is 0 Å². The van der Waals surface area contributed by atoms with Crippen LogP contribution in [0.4, 0.5) is 0 Å². The van der Waals surface area contributed by atoms with Gasteiger partial charge in [0.25, 0.3) is 0 Å². The van der Waals surface area contributed by atoms with Crippen molar-refractivity contribution in [2.24, 2.45) is 34.4 Å². The van der Waals surface area contributed by atoms with E-state index in [-0.39, 0.29) is 118 Å². The molecule has 30 N–H and O–H groups in total. The number of rotatable bonds is 24. The van der Waals surface area contributed by atoms with Gasteiger partial charge in [-0.1, -0.05) is 0 Å². The summed E-state index contributed by atoms with van der Waals surface area (Å²) in [6, 6.07) is 0. The maximum Gasteiger partial charge on any atom is 0.187 e. The van der Waals surface area contributed by atoms with Gasteiger partial charge in [0.05, 0.1) is 0 Å². The molecule has 0 spiro atoms. The predicted molar refractivity (Wildman–Crippen MR) is 285 cm³/mol. The Labute approximate surface area is 485 Å². The average molecular weight is 1230 g/mol. The summed E-state index contributed by atoms with van der Waals surface area (Å²) in [5.41, 5.74) is 34.7. The highest BCUT2D eigenvalue weighted by Crippen LogP contribution is 2.38. The highest BCUT2D eigenvalue weighted by Gasteiger charge is 2.59. The minimum atomic E-state index is -2.01. The highest BCUT2D eigenvalue weighted by atomic mass is 16.8. The van der Waals surface area contributed by atoms with Gasteiger partial charge in [-0.15, -0.1) is 0 Å². The van der Waals surface area contributed by atoms with E-state index < -0.39 is 184 Å². The van der Waals surface area contributed by atoms with Gasteiger partial charge in [-0.05, 0) is 0 Å². The summed E-state index contributed by atoms with van der Waals surface area (Å²) in [5, 5.41) is 161. The van der Waals surface area contributed by atoms with Crippen LogP contribution in [-0.2, 0) is 56.8 Å². The number of hydrogen-bond acceptors (Lipinski definition) is 36. The zero-order chi connectivity index (χ0) is 60.8. The molecule has 0 aromatic heterocycles. The first kappa shape index (κ1) is 70.0. The summed E-state index contributed by atoms with van der Waals surface area (Å²) in [6.45, 7) is 1.30. The van der Waals surface area contributed by atoms with Crippen molar-refractivity contribution in [1.29, 1.82) is 0 Å². The molecule has 22 aliphatic heterocycles. The second kappa shape index (κ2) is 34.1. The molecule has 84 heavy (non-hydrogen) atoms. The van der Waals surface area contributed by atoms with Crippen LogP contribution in [0.2, 0.25) is 0 Å². The summed E-state index contributed by atoms with van der Waals surface area (Å²) >= 11 is 0. The van der Waals surface area contributed by atoms with E-state index in [0.29, 0.717) is 0 Å². The first-order valence-electron chi connectivity index (χ1n) is 28.9. The van der Waals surface area contributed by atoms with E-state index in [1.54, 1.807) is 0 Å². The van der Waals surface area contributed by atoms with Crippen LogP contribution >= 0.6 is 0 Å². The average Bonchev–Trinajstić information content (AvgIpc) is 3.59. The molecule has 36 heteroatoms. The minimum absolute atomic E-state index is 0.149. The molecule has 22 saturated heterocycles. The Hall–Kier alpha value is -1.44. The van der Waals surface area contributed by atoms with Crippen molar-refractivity contribution < 1.29 is 118 Å². The fourth-order valence-electron chi connectivity index (χ4n) is 11.1. The second-order valence-corrected chi connectivity index (χ2v) is 21.7. The quantitative estimate of drug-likeness (QED) is 0.0399. The first-order valence-corrected chi connectivity index (χ1v) is 28.9. The normalized spacial score (nSPS) is 46.1. The number of hydrogen-bond donors (Lipinski definition) is 24. The molecular weight excluding hydrogens is 1130 g/mol. The molecule has 36 nitrogen and oxygen atoms in total. The smallest absolute Gasteiger partial charge is 0.187 e. The van der Waals surface area contributed by atoms with Crippen molar-refractivity contribution in [3.63, 3.8) is 0 Å². The van der Waals surface area contributed by atoms with Gasteiger partial charge in [0, 0.05) is 118 Å². The van der Waals surface area contributed by atoms with Crippen LogP contribution in [0.1, 0.15) is 0 Å². The van der Waals surface area contributed by atoms with Crippen molar-refractivity contribution in [1.82, 2.24) is 31.9 Å². The van der Waals surface area contributed by atoms with Crippen LogP contribution in [0.15, 0.2) is 0 Å². The van der Waals surface area contributed by atoms with Crippen molar-refractivity contribution in [2.45, 2.75) is 184 Å². The predicted octanol–water partition coefficient (Wildman–Crippen LogP) is -15.7. The van der Waals surface area contributed by atoms with E-state index >= 15 is 0 Å². The summed E-state index contributed by atoms with van der Waals surface area (Å²) in [6.07, 6.45) is -51.8. The maximum atomic E-state index is 11.9. The Morgan fingerprint density at radius 2 is 0.333 bits per heavy atom. The van der Waals surface area contributed by atoms with Crippen LogP contribution < -0.4 is 66.3 Å². The largest absolute Gasteiger partial charge is 0.387 e. The summed E-state index contributed by atoms with van der Waals surface area (Å²) in [4.78, 5) is 0. The fourth-order valence-corrected chi connectivity index (χ4v) is 11.1. The molecule has 0 aliphatic carbocycles. The van der Waals surface area contributed by atoms with E-state index in [0.717, 1.165) is 0 Å². The molecule has 0 aromatic rings. The summed E-state index contributed by atoms with van der Waals surface area (Å²) < 4.78 is 75.1. The molecule has 22 rings (SSSR count). The molecular formula is C48H96N12O24. The lowest BCUT2D eigenvalue weighted by atomic mass is 9.94. The molecule has 0 radical (unpaired) electrons. The van der Waals surface area contributed by atoms with Crippen molar-refractivity contribution in [2.75, 3.05) is 118 Å². The Bertz CT molecular complexity index is 1550. The van der Waals surface area contributed by atoms with Crippen LogP contribution in [0.25, 0.3) is 0 Å².